The summed E-state index contributed by atoms with van der Waals surface area (Å²) >= 11 is 0. The average Bonchev–Trinajstić information content (AvgIpc) is 2.60. The summed E-state index contributed by atoms with van der Waals surface area (Å²) in [7, 11) is 0. The van der Waals surface area contributed by atoms with Crippen LogP contribution in [0.25, 0.3) is 0 Å². The Morgan fingerprint density at radius 2 is 1.96 bits per heavy atom. The topological polar surface area (TPSA) is 99.8 Å². The molecule has 0 saturated carbocycles. The normalized spacial score (nSPS) is 12.0. The van der Waals surface area contributed by atoms with Gasteiger partial charge in [0.1, 0.15) is 11.3 Å². The van der Waals surface area contributed by atoms with Crippen LogP contribution in [-0.4, -0.2) is 35.4 Å². The highest BCUT2D eigenvalue weighted by molar-refractivity contribution is 5.95. The molecule has 6 nitrogen and oxygen atoms in total. The number of aliphatic hydroxyl groups excluding tert-OH is 2. The fourth-order valence-corrected chi connectivity index (χ4v) is 2.51. The summed E-state index contributed by atoms with van der Waals surface area (Å²) in [5.74, 6) is 0.00426. The Bertz CT molecular complexity index is 754. The second-order valence-electron chi connectivity index (χ2n) is 5.92. The van der Waals surface area contributed by atoms with Crippen LogP contribution in [0.3, 0.4) is 0 Å². The van der Waals surface area contributed by atoms with Gasteiger partial charge < -0.3 is 19.9 Å². The van der Waals surface area contributed by atoms with Gasteiger partial charge in [-0.25, -0.2) is 4.79 Å². The van der Waals surface area contributed by atoms with E-state index < -0.39 is 17.6 Å². The van der Waals surface area contributed by atoms with Gasteiger partial charge >= 0.3 is 5.63 Å². The van der Waals surface area contributed by atoms with Crippen LogP contribution in [0.5, 0.6) is 0 Å². The second kappa shape index (κ2) is 9.15. The highest BCUT2D eigenvalue weighted by Gasteiger charge is 2.17. The molecule has 1 amide bonds. The first kappa shape index (κ1) is 18.9. The fraction of sp³-hybridized carbons (Fsp3) is 0.368. The third-order valence-corrected chi connectivity index (χ3v) is 3.90. The molecule has 0 fully saturated rings. The van der Waals surface area contributed by atoms with Crippen molar-refractivity contribution in [2.75, 3.05) is 13.2 Å². The van der Waals surface area contributed by atoms with Crippen molar-refractivity contribution < 1.29 is 19.4 Å². The molecule has 134 valence electrons. The van der Waals surface area contributed by atoms with Gasteiger partial charge in [0, 0.05) is 13.0 Å². The lowest BCUT2D eigenvalue weighted by atomic mass is 10.1. The van der Waals surface area contributed by atoms with E-state index in [1.54, 1.807) is 13.0 Å². The van der Waals surface area contributed by atoms with E-state index in [-0.39, 0.29) is 25.1 Å². The van der Waals surface area contributed by atoms with Crippen LogP contribution < -0.4 is 10.9 Å². The van der Waals surface area contributed by atoms with Gasteiger partial charge in [0.15, 0.2) is 0 Å². The Morgan fingerprint density at radius 3 is 2.60 bits per heavy atom. The number of hydrogen-bond donors (Lipinski definition) is 3. The van der Waals surface area contributed by atoms with Crippen LogP contribution in [0.15, 0.2) is 45.6 Å². The second-order valence-corrected chi connectivity index (χ2v) is 5.92. The minimum atomic E-state index is -0.891. The molecule has 1 unspecified atom stereocenters. The number of rotatable bonds is 8. The lowest BCUT2D eigenvalue weighted by Crippen LogP contribution is -2.32. The molecule has 0 aliphatic heterocycles. The van der Waals surface area contributed by atoms with E-state index in [1.807, 2.05) is 30.3 Å². The van der Waals surface area contributed by atoms with Gasteiger partial charge in [-0.3, -0.25) is 4.79 Å². The van der Waals surface area contributed by atoms with Crippen LogP contribution in [0.2, 0.25) is 0 Å². The third kappa shape index (κ3) is 5.55. The van der Waals surface area contributed by atoms with E-state index in [4.69, 9.17) is 9.52 Å². The molecule has 25 heavy (non-hydrogen) atoms. The molecule has 3 N–H and O–H groups in total. The van der Waals surface area contributed by atoms with E-state index in [0.717, 1.165) is 12.0 Å². The maximum atomic E-state index is 12.1. The molecule has 1 aromatic carbocycles. The Balaban J connectivity index is 2.01. The third-order valence-electron chi connectivity index (χ3n) is 3.90. The molecule has 0 radical (unpaired) electrons. The molecule has 1 heterocycles. The monoisotopic (exact) mass is 345 g/mol. The zero-order valence-electron chi connectivity index (χ0n) is 14.2. The maximum absolute atomic E-state index is 12.1. The van der Waals surface area contributed by atoms with Crippen LogP contribution in [0.1, 0.15) is 33.7 Å². The number of amides is 1. The molecule has 1 aromatic heterocycles. The molecule has 0 spiro atoms. The first-order valence-corrected chi connectivity index (χ1v) is 8.26. The lowest BCUT2D eigenvalue weighted by molar-refractivity contribution is 0.0832. The van der Waals surface area contributed by atoms with E-state index in [2.05, 4.69) is 5.32 Å². The first-order chi connectivity index (χ1) is 12.0. The summed E-state index contributed by atoms with van der Waals surface area (Å²) in [6.45, 7) is 1.49. The van der Waals surface area contributed by atoms with E-state index in [0.29, 0.717) is 17.7 Å². The lowest BCUT2D eigenvalue weighted by Gasteiger charge is -2.10. The van der Waals surface area contributed by atoms with Crippen molar-refractivity contribution in [1.82, 2.24) is 5.32 Å². The quantitative estimate of drug-likeness (QED) is 0.668. The Morgan fingerprint density at radius 1 is 1.24 bits per heavy atom. The molecule has 0 aliphatic rings. The molecule has 2 aromatic rings. The van der Waals surface area contributed by atoms with Crippen molar-refractivity contribution in [3.63, 3.8) is 0 Å². The molecule has 0 bridgehead atoms. The molecule has 1 atom stereocenters. The van der Waals surface area contributed by atoms with Crippen LogP contribution in [-0.2, 0) is 12.8 Å². The minimum absolute atomic E-state index is 0.0260. The van der Waals surface area contributed by atoms with Gasteiger partial charge in [-0.15, -0.1) is 0 Å². The highest BCUT2D eigenvalue weighted by atomic mass is 16.4. The smallest absolute Gasteiger partial charge is 0.349 e. The Hall–Kier alpha value is -2.44. The summed E-state index contributed by atoms with van der Waals surface area (Å²) in [4.78, 5) is 24.3. The SMILES string of the molecule is Cc1cc(CCc2ccccc2)oc(=O)c1C(=O)NCCC(O)CO. The summed E-state index contributed by atoms with van der Waals surface area (Å²) in [6.07, 6.45) is 0.637. The standard InChI is InChI=1S/C19H23NO5/c1-13-11-16(8-7-14-5-3-2-4-6-14)25-19(24)17(13)18(23)20-10-9-15(22)12-21/h2-6,11,15,21-22H,7-10,12H2,1H3,(H,20,23). The zero-order chi connectivity index (χ0) is 18.2. The largest absolute Gasteiger partial charge is 0.427 e. The predicted octanol–water partition coefficient (Wildman–Crippen LogP) is 1.21. The van der Waals surface area contributed by atoms with Crippen molar-refractivity contribution in [2.45, 2.75) is 32.3 Å². The fourth-order valence-electron chi connectivity index (χ4n) is 2.51. The molecular formula is C19H23NO5. The van der Waals surface area contributed by atoms with E-state index in [1.165, 1.54) is 0 Å². The molecule has 6 heteroatoms. The number of nitrogens with one attached hydrogen (secondary N) is 1. The summed E-state index contributed by atoms with van der Waals surface area (Å²) in [5, 5.41) is 20.6. The number of hydrogen-bond acceptors (Lipinski definition) is 5. The van der Waals surface area contributed by atoms with Gasteiger partial charge in [0.05, 0.1) is 12.7 Å². The minimum Gasteiger partial charge on any atom is -0.427 e. The van der Waals surface area contributed by atoms with E-state index >= 15 is 0 Å². The number of aryl methyl sites for hydroxylation is 3. The summed E-state index contributed by atoms with van der Waals surface area (Å²) in [6, 6.07) is 11.6. The number of carbonyl (C=O) groups is 1. The number of carbonyl (C=O) groups excluding carboxylic acids is 1. The van der Waals surface area contributed by atoms with E-state index in [9.17, 15) is 14.7 Å². The van der Waals surface area contributed by atoms with Crippen LogP contribution in [0, 0.1) is 6.92 Å². The van der Waals surface area contributed by atoms with Crippen LogP contribution >= 0.6 is 0 Å². The molecule has 2 rings (SSSR count). The average molecular weight is 345 g/mol. The van der Waals surface area contributed by atoms with Crippen molar-refractivity contribution in [3.05, 3.63) is 69.3 Å². The summed E-state index contributed by atoms with van der Waals surface area (Å²) < 4.78 is 5.27. The maximum Gasteiger partial charge on any atom is 0.349 e. The summed E-state index contributed by atoms with van der Waals surface area (Å²) in [5.41, 5.74) is 1.01. The van der Waals surface area contributed by atoms with Gasteiger partial charge in [0.2, 0.25) is 0 Å². The highest BCUT2D eigenvalue weighted by Crippen LogP contribution is 2.10. The first-order valence-electron chi connectivity index (χ1n) is 8.26. The van der Waals surface area contributed by atoms with Gasteiger partial charge in [-0.1, -0.05) is 30.3 Å². The van der Waals surface area contributed by atoms with Crippen molar-refractivity contribution >= 4 is 5.91 Å². The van der Waals surface area contributed by atoms with Crippen molar-refractivity contribution in [2.24, 2.45) is 0 Å². The van der Waals surface area contributed by atoms with Crippen molar-refractivity contribution in [1.29, 1.82) is 0 Å². The molecule has 0 saturated heterocycles. The van der Waals surface area contributed by atoms with Gasteiger partial charge in [-0.05, 0) is 37.0 Å². The van der Waals surface area contributed by atoms with Gasteiger partial charge in [-0.2, -0.15) is 0 Å². The zero-order valence-corrected chi connectivity index (χ0v) is 14.2. The Labute approximate surface area is 146 Å². The van der Waals surface area contributed by atoms with Crippen LogP contribution in [0.4, 0.5) is 0 Å². The molecule has 0 aliphatic carbocycles. The number of benzene rings is 1. The van der Waals surface area contributed by atoms with Crippen molar-refractivity contribution in [3.8, 4) is 0 Å². The van der Waals surface area contributed by atoms with Gasteiger partial charge in [0.25, 0.3) is 5.91 Å². The predicted molar refractivity (Wildman–Crippen MR) is 93.6 cm³/mol. The Kier molecular flexibility index (Phi) is 6.91. The number of aliphatic hydroxyl groups is 2. The molecular weight excluding hydrogens is 322 g/mol.